The van der Waals surface area contributed by atoms with Crippen LogP contribution in [0.25, 0.3) is 0 Å². The molecule has 7 nitrogen and oxygen atoms in total. The molecule has 0 saturated carbocycles. The molecule has 0 aliphatic carbocycles. The number of benzene rings is 2. The Kier molecular flexibility index (Phi) is 7.67. The minimum Gasteiger partial charge on any atom is -0.452 e. The van der Waals surface area contributed by atoms with E-state index in [9.17, 15) is 22.4 Å². The summed E-state index contributed by atoms with van der Waals surface area (Å²) in [5.41, 5.74) is 1.05. The molecule has 0 aliphatic rings. The fourth-order valence-electron chi connectivity index (χ4n) is 2.18. The summed E-state index contributed by atoms with van der Waals surface area (Å²) in [7, 11) is -3.25. The Labute approximate surface area is 170 Å². The molecule has 0 atom stereocenters. The number of sulfonamides is 1. The molecule has 0 heterocycles. The first kappa shape index (κ1) is 22.0. The highest BCUT2D eigenvalue weighted by Crippen LogP contribution is 2.19. The van der Waals surface area contributed by atoms with E-state index in [4.69, 9.17) is 4.74 Å². The standard InChI is InChI=1S/C18H18BrFN2O5S/c1-28(25,26)21-9-8-12-2-4-13(5-3-12)18(24)27-11-17(23)22-16-7-6-14(19)10-15(16)20/h2-7,10,21H,8-9,11H2,1H3,(H,22,23). The average Bonchev–Trinajstić information content (AvgIpc) is 2.61. The fourth-order valence-corrected chi connectivity index (χ4v) is 2.99. The molecule has 10 heteroatoms. The van der Waals surface area contributed by atoms with Crippen molar-refractivity contribution in [3.8, 4) is 0 Å². The summed E-state index contributed by atoms with van der Waals surface area (Å²) < 4.78 is 43.5. The summed E-state index contributed by atoms with van der Waals surface area (Å²) in [4.78, 5) is 23.8. The molecule has 2 aromatic rings. The highest BCUT2D eigenvalue weighted by atomic mass is 79.9. The first-order valence-corrected chi connectivity index (χ1v) is 10.8. The highest BCUT2D eigenvalue weighted by molar-refractivity contribution is 9.10. The van der Waals surface area contributed by atoms with Gasteiger partial charge < -0.3 is 10.1 Å². The molecule has 0 saturated heterocycles. The summed E-state index contributed by atoms with van der Waals surface area (Å²) in [5, 5.41) is 2.32. The first-order chi connectivity index (χ1) is 13.1. The van der Waals surface area contributed by atoms with Crippen LogP contribution in [-0.4, -0.2) is 39.7 Å². The van der Waals surface area contributed by atoms with Crippen molar-refractivity contribution in [2.45, 2.75) is 6.42 Å². The molecule has 2 N–H and O–H groups in total. The lowest BCUT2D eigenvalue weighted by Crippen LogP contribution is -2.24. The lowest BCUT2D eigenvalue weighted by molar-refractivity contribution is -0.119. The van der Waals surface area contributed by atoms with Crippen LogP contribution in [0, 0.1) is 5.82 Å². The maximum Gasteiger partial charge on any atom is 0.338 e. The van der Waals surface area contributed by atoms with Crippen LogP contribution in [0.3, 0.4) is 0 Å². The van der Waals surface area contributed by atoms with E-state index in [0.717, 1.165) is 11.8 Å². The summed E-state index contributed by atoms with van der Waals surface area (Å²) in [6.07, 6.45) is 1.54. The van der Waals surface area contributed by atoms with Crippen molar-refractivity contribution >= 4 is 43.5 Å². The molecule has 2 rings (SSSR count). The number of amides is 1. The highest BCUT2D eigenvalue weighted by Gasteiger charge is 2.12. The lowest BCUT2D eigenvalue weighted by atomic mass is 10.1. The average molecular weight is 473 g/mol. The molecular formula is C18H18BrFN2O5S. The first-order valence-electron chi connectivity index (χ1n) is 8.09. The monoisotopic (exact) mass is 472 g/mol. The van der Waals surface area contributed by atoms with E-state index < -0.39 is 34.3 Å². The van der Waals surface area contributed by atoms with E-state index in [-0.39, 0.29) is 17.8 Å². The normalized spacial score (nSPS) is 11.1. The van der Waals surface area contributed by atoms with Crippen molar-refractivity contribution < 1.29 is 27.1 Å². The summed E-state index contributed by atoms with van der Waals surface area (Å²) in [6.45, 7) is -0.316. The van der Waals surface area contributed by atoms with Gasteiger partial charge in [0.05, 0.1) is 17.5 Å². The molecule has 0 aliphatic heterocycles. The van der Waals surface area contributed by atoms with Crippen LogP contribution < -0.4 is 10.0 Å². The fraction of sp³-hybridized carbons (Fsp3) is 0.222. The van der Waals surface area contributed by atoms with Gasteiger partial charge in [-0.3, -0.25) is 4.79 Å². The predicted molar refractivity (Wildman–Crippen MR) is 106 cm³/mol. The number of anilines is 1. The third kappa shape index (κ3) is 7.37. The van der Waals surface area contributed by atoms with E-state index in [1.807, 2.05) is 0 Å². The van der Waals surface area contributed by atoms with Gasteiger partial charge in [-0.1, -0.05) is 28.1 Å². The molecule has 28 heavy (non-hydrogen) atoms. The summed E-state index contributed by atoms with van der Waals surface area (Å²) >= 11 is 3.11. The number of carbonyl (C=O) groups is 2. The van der Waals surface area contributed by atoms with Crippen molar-refractivity contribution in [2.75, 3.05) is 24.7 Å². The van der Waals surface area contributed by atoms with Crippen LogP contribution in [0.2, 0.25) is 0 Å². The zero-order valence-corrected chi connectivity index (χ0v) is 17.3. The lowest BCUT2D eigenvalue weighted by Gasteiger charge is -2.08. The minimum absolute atomic E-state index is 0.0173. The number of ether oxygens (including phenoxy) is 1. The molecule has 2 aromatic carbocycles. The maximum absolute atomic E-state index is 13.7. The number of halogens is 2. The number of carbonyl (C=O) groups excluding carboxylic acids is 2. The van der Waals surface area contributed by atoms with Crippen LogP contribution in [0.5, 0.6) is 0 Å². The molecule has 0 fully saturated rings. The Balaban J connectivity index is 1.83. The SMILES string of the molecule is CS(=O)(=O)NCCc1ccc(C(=O)OCC(=O)Nc2ccc(Br)cc2F)cc1. The van der Waals surface area contributed by atoms with Crippen molar-refractivity contribution in [1.82, 2.24) is 4.72 Å². The van der Waals surface area contributed by atoms with Gasteiger partial charge in [0, 0.05) is 11.0 Å². The van der Waals surface area contributed by atoms with Crippen molar-refractivity contribution in [3.63, 3.8) is 0 Å². The summed E-state index contributed by atoms with van der Waals surface area (Å²) in [6, 6.07) is 10.5. The van der Waals surface area contributed by atoms with Crippen LogP contribution >= 0.6 is 15.9 Å². The number of rotatable bonds is 8. The second kappa shape index (κ2) is 9.76. The topological polar surface area (TPSA) is 102 Å². The zero-order chi connectivity index (χ0) is 20.7. The van der Waals surface area contributed by atoms with Crippen LogP contribution in [0.1, 0.15) is 15.9 Å². The number of esters is 1. The van der Waals surface area contributed by atoms with E-state index >= 15 is 0 Å². The van der Waals surface area contributed by atoms with Gasteiger partial charge in [0.1, 0.15) is 5.82 Å². The number of hydrogen-bond acceptors (Lipinski definition) is 5. The van der Waals surface area contributed by atoms with Crippen LogP contribution in [-0.2, 0) is 26.0 Å². The number of nitrogens with one attached hydrogen (secondary N) is 2. The summed E-state index contributed by atoms with van der Waals surface area (Å²) in [5.74, 6) is -1.99. The van der Waals surface area contributed by atoms with Crippen LogP contribution in [0.15, 0.2) is 46.9 Å². The van der Waals surface area contributed by atoms with E-state index in [1.54, 1.807) is 18.2 Å². The van der Waals surface area contributed by atoms with Gasteiger partial charge in [0.15, 0.2) is 6.61 Å². The Hall–Kier alpha value is -2.30. The van der Waals surface area contributed by atoms with Crippen molar-refractivity contribution in [2.24, 2.45) is 0 Å². The zero-order valence-electron chi connectivity index (χ0n) is 14.9. The Morgan fingerprint density at radius 2 is 1.82 bits per heavy atom. The van der Waals surface area contributed by atoms with E-state index in [2.05, 4.69) is 26.0 Å². The Morgan fingerprint density at radius 3 is 2.43 bits per heavy atom. The Bertz CT molecular complexity index is 964. The van der Waals surface area contributed by atoms with E-state index in [1.165, 1.54) is 24.3 Å². The van der Waals surface area contributed by atoms with Gasteiger partial charge >= 0.3 is 5.97 Å². The molecule has 0 radical (unpaired) electrons. The molecule has 150 valence electrons. The maximum atomic E-state index is 13.7. The predicted octanol–water partition coefficient (Wildman–Crippen LogP) is 2.48. The van der Waals surface area contributed by atoms with Crippen molar-refractivity contribution in [3.05, 3.63) is 63.9 Å². The van der Waals surface area contributed by atoms with Gasteiger partial charge in [-0.25, -0.2) is 22.3 Å². The van der Waals surface area contributed by atoms with Crippen LogP contribution in [0.4, 0.5) is 10.1 Å². The molecule has 0 bridgehead atoms. The second-order valence-corrected chi connectivity index (χ2v) is 8.61. The van der Waals surface area contributed by atoms with Gasteiger partial charge in [-0.05, 0) is 42.3 Å². The smallest absolute Gasteiger partial charge is 0.338 e. The quantitative estimate of drug-likeness (QED) is 0.574. The molecule has 0 spiro atoms. The molecule has 1 amide bonds. The van der Waals surface area contributed by atoms with Gasteiger partial charge in [-0.2, -0.15) is 0 Å². The molecule has 0 aromatic heterocycles. The van der Waals surface area contributed by atoms with Gasteiger partial charge in [0.2, 0.25) is 10.0 Å². The van der Waals surface area contributed by atoms with Crippen molar-refractivity contribution in [1.29, 1.82) is 0 Å². The largest absolute Gasteiger partial charge is 0.452 e. The third-order valence-corrected chi connectivity index (χ3v) is 4.73. The Morgan fingerprint density at radius 1 is 1.14 bits per heavy atom. The minimum atomic E-state index is -3.25. The number of hydrogen-bond donors (Lipinski definition) is 2. The van der Waals surface area contributed by atoms with Gasteiger partial charge in [-0.15, -0.1) is 0 Å². The van der Waals surface area contributed by atoms with Gasteiger partial charge in [0.25, 0.3) is 5.91 Å². The third-order valence-electron chi connectivity index (χ3n) is 3.51. The van der Waals surface area contributed by atoms with E-state index in [0.29, 0.717) is 10.9 Å². The molecular weight excluding hydrogens is 455 g/mol. The second-order valence-electron chi connectivity index (χ2n) is 5.86. The molecule has 0 unspecified atom stereocenters.